The molecule has 0 aliphatic carbocycles. The SMILES string of the molecule is COc1cccc(/C=C(/C#N)C(=O)Nc2ccccc2)c1OCc1ccc(Cl)cc1. The third-order valence-corrected chi connectivity index (χ3v) is 4.47. The van der Waals surface area contributed by atoms with E-state index in [4.69, 9.17) is 21.1 Å². The molecule has 0 unspecified atom stereocenters. The maximum atomic E-state index is 12.5. The zero-order valence-corrected chi connectivity index (χ0v) is 17.0. The molecule has 150 valence electrons. The average molecular weight is 419 g/mol. The van der Waals surface area contributed by atoms with Gasteiger partial charge in [0.05, 0.1) is 7.11 Å². The Balaban J connectivity index is 1.87. The fraction of sp³-hybridized carbons (Fsp3) is 0.0833. The van der Waals surface area contributed by atoms with Crippen LogP contribution < -0.4 is 14.8 Å². The Morgan fingerprint density at radius 3 is 2.47 bits per heavy atom. The number of nitriles is 1. The summed E-state index contributed by atoms with van der Waals surface area (Å²) in [6.07, 6.45) is 1.48. The van der Waals surface area contributed by atoms with E-state index in [2.05, 4.69) is 5.32 Å². The van der Waals surface area contributed by atoms with Gasteiger partial charge in [-0.1, -0.05) is 54.1 Å². The molecule has 3 aromatic carbocycles. The first-order valence-corrected chi connectivity index (χ1v) is 9.51. The van der Waals surface area contributed by atoms with Crippen LogP contribution >= 0.6 is 11.6 Å². The van der Waals surface area contributed by atoms with Gasteiger partial charge in [0.2, 0.25) is 0 Å². The number of carbonyl (C=O) groups excluding carboxylic acids is 1. The van der Waals surface area contributed by atoms with Crippen molar-refractivity contribution < 1.29 is 14.3 Å². The van der Waals surface area contributed by atoms with Gasteiger partial charge >= 0.3 is 0 Å². The predicted octanol–water partition coefficient (Wildman–Crippen LogP) is 5.47. The minimum Gasteiger partial charge on any atom is -0.493 e. The van der Waals surface area contributed by atoms with Crippen LogP contribution in [0.4, 0.5) is 5.69 Å². The van der Waals surface area contributed by atoms with Crippen molar-refractivity contribution in [2.45, 2.75) is 6.61 Å². The Hall–Kier alpha value is -3.75. The fourth-order valence-electron chi connectivity index (χ4n) is 2.72. The van der Waals surface area contributed by atoms with Crippen LogP contribution in [0.15, 0.2) is 78.4 Å². The van der Waals surface area contributed by atoms with Crippen LogP contribution in [0.1, 0.15) is 11.1 Å². The van der Waals surface area contributed by atoms with Crippen LogP contribution in [0.2, 0.25) is 5.02 Å². The van der Waals surface area contributed by atoms with E-state index in [1.807, 2.05) is 24.3 Å². The van der Waals surface area contributed by atoms with E-state index in [0.717, 1.165) is 5.56 Å². The smallest absolute Gasteiger partial charge is 0.266 e. The van der Waals surface area contributed by atoms with E-state index in [9.17, 15) is 10.1 Å². The van der Waals surface area contributed by atoms with E-state index in [-0.39, 0.29) is 12.2 Å². The lowest BCUT2D eigenvalue weighted by molar-refractivity contribution is -0.112. The first kappa shape index (κ1) is 21.0. The standard InChI is InChI=1S/C24H19ClN2O3/c1-29-22-9-5-6-18(23(22)30-16-17-10-12-20(25)13-11-17)14-19(15-26)24(28)27-21-7-3-2-4-8-21/h2-14H,16H2,1H3,(H,27,28)/b19-14-. The van der Waals surface area contributed by atoms with Crippen molar-refractivity contribution in [2.75, 3.05) is 12.4 Å². The number of nitrogens with one attached hydrogen (secondary N) is 1. The van der Waals surface area contributed by atoms with Gasteiger partial charge < -0.3 is 14.8 Å². The summed E-state index contributed by atoms with van der Waals surface area (Å²) in [6.45, 7) is 0.274. The molecular formula is C24H19ClN2O3. The van der Waals surface area contributed by atoms with Gasteiger partial charge in [0, 0.05) is 16.3 Å². The lowest BCUT2D eigenvalue weighted by Gasteiger charge is -2.14. The third kappa shape index (κ3) is 5.40. The van der Waals surface area contributed by atoms with Crippen molar-refractivity contribution in [1.82, 2.24) is 0 Å². The molecule has 0 spiro atoms. The van der Waals surface area contributed by atoms with Crippen molar-refractivity contribution >= 4 is 29.3 Å². The summed E-state index contributed by atoms with van der Waals surface area (Å²) in [5, 5.41) is 12.9. The minimum atomic E-state index is -0.504. The minimum absolute atomic E-state index is 0.0524. The van der Waals surface area contributed by atoms with Gasteiger partial charge in [0.1, 0.15) is 18.2 Å². The largest absolute Gasteiger partial charge is 0.493 e. The maximum absolute atomic E-state index is 12.5. The lowest BCUT2D eigenvalue weighted by Crippen LogP contribution is -2.13. The Morgan fingerprint density at radius 1 is 1.07 bits per heavy atom. The Kier molecular flexibility index (Phi) is 7.09. The first-order chi connectivity index (χ1) is 14.6. The number of anilines is 1. The highest BCUT2D eigenvalue weighted by Gasteiger charge is 2.14. The van der Waals surface area contributed by atoms with Crippen LogP contribution in [-0.2, 0) is 11.4 Å². The summed E-state index contributed by atoms with van der Waals surface area (Å²) < 4.78 is 11.4. The van der Waals surface area contributed by atoms with Gasteiger partial charge in [-0.3, -0.25) is 4.79 Å². The number of methoxy groups -OCH3 is 1. The predicted molar refractivity (Wildman–Crippen MR) is 117 cm³/mol. The highest BCUT2D eigenvalue weighted by atomic mass is 35.5. The average Bonchev–Trinajstić information content (AvgIpc) is 2.77. The number of benzene rings is 3. The number of hydrogen-bond donors (Lipinski definition) is 1. The Labute approximate surface area is 180 Å². The summed E-state index contributed by atoms with van der Waals surface area (Å²) in [7, 11) is 1.53. The quantitative estimate of drug-likeness (QED) is 0.407. The molecule has 0 aliphatic heterocycles. The monoisotopic (exact) mass is 418 g/mol. The molecule has 1 amide bonds. The van der Waals surface area contributed by atoms with Crippen molar-refractivity contribution in [3.05, 3.63) is 94.5 Å². The molecule has 3 aromatic rings. The molecule has 5 nitrogen and oxygen atoms in total. The molecule has 0 saturated heterocycles. The zero-order valence-electron chi connectivity index (χ0n) is 16.3. The molecule has 0 atom stereocenters. The molecular weight excluding hydrogens is 400 g/mol. The van der Waals surface area contributed by atoms with E-state index in [1.165, 1.54) is 13.2 Å². The van der Waals surface area contributed by atoms with Crippen LogP contribution in [0.5, 0.6) is 11.5 Å². The summed E-state index contributed by atoms with van der Waals surface area (Å²) >= 11 is 5.93. The Morgan fingerprint density at radius 2 is 1.80 bits per heavy atom. The molecule has 3 rings (SSSR count). The molecule has 0 saturated carbocycles. The Bertz CT molecular complexity index is 1090. The summed E-state index contributed by atoms with van der Waals surface area (Å²) in [6, 6.07) is 23.5. The molecule has 30 heavy (non-hydrogen) atoms. The maximum Gasteiger partial charge on any atom is 0.266 e. The van der Waals surface area contributed by atoms with E-state index in [0.29, 0.717) is 27.8 Å². The number of rotatable bonds is 7. The number of para-hydroxylation sites is 2. The van der Waals surface area contributed by atoms with Crippen molar-refractivity contribution in [3.8, 4) is 17.6 Å². The molecule has 0 fully saturated rings. The number of amides is 1. The third-order valence-electron chi connectivity index (χ3n) is 4.22. The molecule has 0 radical (unpaired) electrons. The van der Waals surface area contributed by atoms with Crippen LogP contribution in [0, 0.1) is 11.3 Å². The second kappa shape index (κ2) is 10.1. The number of ether oxygens (including phenoxy) is 2. The number of nitrogens with zero attached hydrogens (tertiary/aromatic N) is 1. The van der Waals surface area contributed by atoms with Crippen molar-refractivity contribution in [3.63, 3.8) is 0 Å². The topological polar surface area (TPSA) is 71.3 Å². The van der Waals surface area contributed by atoms with Crippen LogP contribution in [-0.4, -0.2) is 13.0 Å². The molecule has 0 heterocycles. The summed E-state index contributed by atoms with van der Waals surface area (Å²) in [5.41, 5.74) is 2.03. The van der Waals surface area contributed by atoms with Gasteiger partial charge in [-0.25, -0.2) is 0 Å². The molecule has 6 heteroatoms. The van der Waals surface area contributed by atoms with Gasteiger partial charge in [0.25, 0.3) is 5.91 Å². The molecule has 0 aromatic heterocycles. The van der Waals surface area contributed by atoms with Gasteiger partial charge in [0.15, 0.2) is 11.5 Å². The van der Waals surface area contributed by atoms with Crippen molar-refractivity contribution in [2.24, 2.45) is 0 Å². The van der Waals surface area contributed by atoms with Gasteiger partial charge in [-0.2, -0.15) is 5.26 Å². The summed E-state index contributed by atoms with van der Waals surface area (Å²) in [4.78, 5) is 12.5. The molecule has 0 aliphatic rings. The van der Waals surface area contributed by atoms with Gasteiger partial charge in [-0.05, 0) is 42.0 Å². The van der Waals surface area contributed by atoms with E-state index < -0.39 is 5.91 Å². The van der Waals surface area contributed by atoms with Crippen molar-refractivity contribution in [1.29, 1.82) is 5.26 Å². The number of halogens is 1. The second-order valence-electron chi connectivity index (χ2n) is 6.28. The fourth-order valence-corrected chi connectivity index (χ4v) is 2.85. The van der Waals surface area contributed by atoms with Crippen LogP contribution in [0.25, 0.3) is 6.08 Å². The lowest BCUT2D eigenvalue weighted by atomic mass is 10.1. The number of carbonyl (C=O) groups is 1. The van der Waals surface area contributed by atoms with E-state index in [1.54, 1.807) is 54.6 Å². The van der Waals surface area contributed by atoms with Gasteiger partial charge in [-0.15, -0.1) is 0 Å². The first-order valence-electron chi connectivity index (χ1n) is 9.13. The zero-order chi connectivity index (χ0) is 21.3. The highest BCUT2D eigenvalue weighted by molar-refractivity contribution is 6.30. The summed E-state index contributed by atoms with van der Waals surface area (Å²) in [5.74, 6) is 0.434. The normalized spacial score (nSPS) is 10.8. The molecule has 0 bridgehead atoms. The van der Waals surface area contributed by atoms with Crippen LogP contribution in [0.3, 0.4) is 0 Å². The second-order valence-corrected chi connectivity index (χ2v) is 6.72. The molecule has 1 N–H and O–H groups in total. The number of hydrogen-bond acceptors (Lipinski definition) is 4. The van der Waals surface area contributed by atoms with E-state index >= 15 is 0 Å². The highest BCUT2D eigenvalue weighted by Crippen LogP contribution is 2.33.